The second kappa shape index (κ2) is 5.59. The molecule has 0 aromatic heterocycles. The first kappa shape index (κ1) is 13.2. The van der Waals surface area contributed by atoms with E-state index < -0.39 is 6.04 Å². The lowest BCUT2D eigenvalue weighted by atomic mass is 10.1. The Morgan fingerprint density at radius 2 is 2.17 bits per heavy atom. The molecule has 1 saturated carbocycles. The zero-order valence-corrected chi connectivity index (χ0v) is 11.2. The van der Waals surface area contributed by atoms with Crippen molar-refractivity contribution in [3.8, 4) is 5.75 Å². The summed E-state index contributed by atoms with van der Waals surface area (Å²) in [6.45, 7) is 0. The van der Waals surface area contributed by atoms with E-state index in [-0.39, 0.29) is 5.97 Å². The molecule has 2 rings (SSSR count). The fourth-order valence-electron chi connectivity index (χ4n) is 1.82. The number of esters is 1. The van der Waals surface area contributed by atoms with Crippen LogP contribution < -0.4 is 10.1 Å². The molecule has 0 amide bonds. The van der Waals surface area contributed by atoms with E-state index in [1.807, 2.05) is 0 Å². The largest absolute Gasteiger partial charge is 0.496 e. The summed E-state index contributed by atoms with van der Waals surface area (Å²) in [5.41, 5.74) is 0.712. The number of halogens is 1. The van der Waals surface area contributed by atoms with Gasteiger partial charge in [-0.2, -0.15) is 0 Å². The van der Waals surface area contributed by atoms with Crippen LogP contribution in [0.5, 0.6) is 5.75 Å². The Morgan fingerprint density at radius 3 is 2.72 bits per heavy atom. The summed E-state index contributed by atoms with van der Waals surface area (Å²) >= 11 is 5.98. The van der Waals surface area contributed by atoms with Crippen molar-refractivity contribution in [2.75, 3.05) is 14.2 Å². The van der Waals surface area contributed by atoms with E-state index in [0.29, 0.717) is 22.4 Å². The highest BCUT2D eigenvalue weighted by Crippen LogP contribution is 2.32. The minimum Gasteiger partial charge on any atom is -0.496 e. The van der Waals surface area contributed by atoms with Gasteiger partial charge in [0.1, 0.15) is 11.8 Å². The molecule has 1 atom stereocenters. The van der Waals surface area contributed by atoms with Crippen LogP contribution in [0.2, 0.25) is 5.02 Å². The highest BCUT2D eigenvalue weighted by molar-refractivity contribution is 6.30. The number of nitrogens with one attached hydrogen (secondary N) is 1. The zero-order chi connectivity index (χ0) is 13.1. The van der Waals surface area contributed by atoms with Crippen molar-refractivity contribution in [3.05, 3.63) is 28.8 Å². The van der Waals surface area contributed by atoms with Gasteiger partial charge in [-0.1, -0.05) is 11.6 Å². The third-order valence-corrected chi connectivity index (χ3v) is 3.15. The Kier molecular flexibility index (Phi) is 4.09. The van der Waals surface area contributed by atoms with Gasteiger partial charge in [-0.25, -0.2) is 4.79 Å². The van der Waals surface area contributed by atoms with E-state index in [0.717, 1.165) is 12.8 Å². The van der Waals surface area contributed by atoms with E-state index in [1.54, 1.807) is 25.3 Å². The van der Waals surface area contributed by atoms with Crippen molar-refractivity contribution in [1.29, 1.82) is 0 Å². The molecule has 0 radical (unpaired) electrons. The summed E-state index contributed by atoms with van der Waals surface area (Å²) < 4.78 is 10.1. The van der Waals surface area contributed by atoms with Crippen molar-refractivity contribution in [3.63, 3.8) is 0 Å². The summed E-state index contributed by atoms with van der Waals surface area (Å²) in [6, 6.07) is 5.06. The lowest BCUT2D eigenvalue weighted by Gasteiger charge is -2.19. The minimum absolute atomic E-state index is 0.331. The Balaban J connectivity index is 2.32. The van der Waals surface area contributed by atoms with Gasteiger partial charge in [-0.05, 0) is 31.0 Å². The molecule has 1 aliphatic carbocycles. The van der Waals surface area contributed by atoms with Crippen LogP contribution in [0.25, 0.3) is 0 Å². The molecule has 1 aliphatic rings. The first-order valence-corrected chi connectivity index (χ1v) is 6.21. The number of methoxy groups -OCH3 is 2. The van der Waals surface area contributed by atoms with Gasteiger partial charge in [-0.15, -0.1) is 0 Å². The number of hydrogen-bond donors (Lipinski definition) is 1. The molecule has 98 valence electrons. The average molecular weight is 270 g/mol. The van der Waals surface area contributed by atoms with Crippen LogP contribution in [0.1, 0.15) is 24.4 Å². The van der Waals surface area contributed by atoms with Crippen molar-refractivity contribution in [2.45, 2.75) is 24.9 Å². The molecule has 5 heteroatoms. The van der Waals surface area contributed by atoms with Crippen LogP contribution in [-0.4, -0.2) is 26.2 Å². The molecule has 0 bridgehead atoms. The quantitative estimate of drug-likeness (QED) is 0.834. The monoisotopic (exact) mass is 269 g/mol. The molecule has 1 aromatic carbocycles. The van der Waals surface area contributed by atoms with Gasteiger partial charge < -0.3 is 9.47 Å². The van der Waals surface area contributed by atoms with Gasteiger partial charge >= 0.3 is 5.97 Å². The van der Waals surface area contributed by atoms with E-state index in [2.05, 4.69) is 5.32 Å². The number of benzene rings is 1. The minimum atomic E-state index is -0.531. The molecule has 0 saturated heterocycles. The summed E-state index contributed by atoms with van der Waals surface area (Å²) in [5, 5.41) is 3.81. The molecule has 0 aliphatic heterocycles. The zero-order valence-electron chi connectivity index (χ0n) is 10.4. The van der Waals surface area contributed by atoms with Crippen molar-refractivity contribution in [1.82, 2.24) is 5.32 Å². The second-order valence-corrected chi connectivity index (χ2v) is 4.72. The number of carbonyl (C=O) groups is 1. The summed E-state index contributed by atoms with van der Waals surface area (Å²) in [7, 11) is 2.94. The maximum atomic E-state index is 11.9. The summed E-state index contributed by atoms with van der Waals surface area (Å²) in [4.78, 5) is 11.9. The maximum absolute atomic E-state index is 11.9. The molecule has 1 unspecified atom stereocenters. The van der Waals surface area contributed by atoms with Gasteiger partial charge in [0, 0.05) is 16.6 Å². The Morgan fingerprint density at radius 1 is 1.44 bits per heavy atom. The number of hydrogen-bond acceptors (Lipinski definition) is 4. The Hall–Kier alpha value is -1.26. The van der Waals surface area contributed by atoms with Gasteiger partial charge in [-0.3, -0.25) is 5.32 Å². The predicted molar refractivity (Wildman–Crippen MR) is 68.9 cm³/mol. The highest BCUT2D eigenvalue weighted by Gasteiger charge is 2.31. The van der Waals surface area contributed by atoms with Gasteiger partial charge in [0.2, 0.25) is 0 Å². The van der Waals surface area contributed by atoms with Gasteiger partial charge in [0.15, 0.2) is 0 Å². The molecular formula is C13H16ClNO3. The van der Waals surface area contributed by atoms with Gasteiger partial charge in [0.25, 0.3) is 0 Å². The predicted octanol–water partition coefficient (Wildman–Crippen LogP) is 2.31. The molecule has 4 nitrogen and oxygen atoms in total. The average Bonchev–Trinajstić information content (AvgIpc) is 3.19. The molecule has 1 N–H and O–H groups in total. The fourth-order valence-corrected chi connectivity index (χ4v) is 2.00. The van der Waals surface area contributed by atoms with E-state index in [4.69, 9.17) is 21.1 Å². The van der Waals surface area contributed by atoms with Crippen LogP contribution in [-0.2, 0) is 9.53 Å². The molecular weight excluding hydrogens is 254 g/mol. The lowest BCUT2D eigenvalue weighted by Crippen LogP contribution is -2.31. The maximum Gasteiger partial charge on any atom is 0.327 e. The fraction of sp³-hybridized carbons (Fsp3) is 0.462. The normalized spacial score (nSPS) is 16.2. The van der Waals surface area contributed by atoms with Crippen molar-refractivity contribution < 1.29 is 14.3 Å². The van der Waals surface area contributed by atoms with Crippen molar-refractivity contribution in [2.24, 2.45) is 0 Å². The molecule has 1 fully saturated rings. The van der Waals surface area contributed by atoms with Crippen LogP contribution in [0.4, 0.5) is 0 Å². The first-order valence-electron chi connectivity index (χ1n) is 5.83. The van der Waals surface area contributed by atoms with E-state index in [9.17, 15) is 4.79 Å². The number of ether oxygens (including phenoxy) is 2. The molecule has 0 heterocycles. The topological polar surface area (TPSA) is 47.6 Å². The highest BCUT2D eigenvalue weighted by atomic mass is 35.5. The van der Waals surface area contributed by atoms with E-state index >= 15 is 0 Å². The molecule has 18 heavy (non-hydrogen) atoms. The standard InChI is InChI=1S/C13H16ClNO3/c1-17-11-6-3-8(14)7-10(11)12(13(16)18-2)15-9-4-5-9/h3,6-7,9,12,15H,4-5H2,1-2H3. The first-order chi connectivity index (χ1) is 8.65. The number of rotatable bonds is 5. The lowest BCUT2D eigenvalue weighted by molar-refractivity contribution is -0.143. The Labute approximate surface area is 111 Å². The smallest absolute Gasteiger partial charge is 0.327 e. The van der Waals surface area contributed by atoms with E-state index in [1.165, 1.54) is 7.11 Å². The Bertz CT molecular complexity index is 446. The molecule has 0 spiro atoms. The second-order valence-electron chi connectivity index (χ2n) is 4.28. The SMILES string of the molecule is COC(=O)C(NC1CC1)c1cc(Cl)ccc1OC. The third kappa shape index (κ3) is 2.94. The van der Waals surface area contributed by atoms with Gasteiger partial charge in [0.05, 0.1) is 14.2 Å². The van der Waals surface area contributed by atoms with Crippen LogP contribution in [0.3, 0.4) is 0 Å². The van der Waals surface area contributed by atoms with Crippen LogP contribution in [0.15, 0.2) is 18.2 Å². The van der Waals surface area contributed by atoms with Crippen LogP contribution in [0, 0.1) is 0 Å². The van der Waals surface area contributed by atoms with Crippen molar-refractivity contribution >= 4 is 17.6 Å². The van der Waals surface area contributed by atoms with Crippen LogP contribution >= 0.6 is 11.6 Å². The number of carbonyl (C=O) groups excluding carboxylic acids is 1. The third-order valence-electron chi connectivity index (χ3n) is 2.92. The molecule has 1 aromatic rings. The summed E-state index contributed by atoms with van der Waals surface area (Å²) in [6.07, 6.45) is 2.16. The summed E-state index contributed by atoms with van der Waals surface area (Å²) in [5.74, 6) is 0.297.